The van der Waals surface area contributed by atoms with E-state index in [4.69, 9.17) is 0 Å². The van der Waals surface area contributed by atoms with Gasteiger partial charge >= 0.3 is 0 Å². The highest BCUT2D eigenvalue weighted by Gasteiger charge is 1.93. The van der Waals surface area contributed by atoms with Crippen LogP contribution in [0.5, 0.6) is 0 Å². The highest BCUT2D eigenvalue weighted by Crippen LogP contribution is 1.66. The highest BCUT2D eigenvalue weighted by atomic mass is 35.5. The Balaban J connectivity index is -0.000000126. The summed E-state index contributed by atoms with van der Waals surface area (Å²) in [6, 6.07) is 0. The van der Waals surface area contributed by atoms with Gasteiger partial charge in [-0.15, -0.1) is 86.8 Å². The number of hydrogen-bond acceptors (Lipinski definition) is 7. The summed E-state index contributed by atoms with van der Waals surface area (Å²) in [5, 5.41) is 24.0. The van der Waals surface area contributed by atoms with Crippen LogP contribution in [0.3, 0.4) is 0 Å². The Hall–Kier alpha value is 1.75. The molecule has 28 heavy (non-hydrogen) atoms. The summed E-state index contributed by atoms with van der Waals surface area (Å²) < 4.78 is 0. The van der Waals surface area contributed by atoms with E-state index in [2.05, 4.69) is 37.2 Å². The zero-order valence-electron chi connectivity index (χ0n) is 16.3. The number of halogens is 7. The van der Waals surface area contributed by atoms with Gasteiger partial charge in [0.15, 0.2) is 0 Å². The Bertz CT molecular complexity index is 134. The molecule has 0 amide bonds. The second kappa shape index (κ2) is 42.8. The third kappa shape index (κ3) is 38.4. The summed E-state index contributed by atoms with van der Waals surface area (Å²) in [6.07, 6.45) is 0. The number of nitrogens with one attached hydrogen (secondary N) is 7. The molecule has 7 nitrogen and oxygen atoms in total. The van der Waals surface area contributed by atoms with Crippen LogP contribution in [0.4, 0.5) is 0 Å². The summed E-state index contributed by atoms with van der Waals surface area (Å²) in [6.45, 7) is 14.5. The van der Waals surface area contributed by atoms with Crippen LogP contribution in [0.1, 0.15) is 0 Å². The summed E-state index contributed by atoms with van der Waals surface area (Å²) >= 11 is 0. The van der Waals surface area contributed by atoms with Crippen molar-refractivity contribution in [2.24, 2.45) is 0 Å². The lowest BCUT2D eigenvalue weighted by Gasteiger charge is -2.08. The van der Waals surface area contributed by atoms with Crippen molar-refractivity contribution in [3.63, 3.8) is 0 Å². The van der Waals surface area contributed by atoms with Crippen LogP contribution in [-0.4, -0.2) is 91.6 Å². The standard InChI is InChI=1S/C14H35N7.7ClH/c1-2-16-5-6-18-9-10-20-13-14-21-12-11-19-8-7-17-4-3-15-1;;;;;;;/h15-21H,1-14H2;7*1H. The van der Waals surface area contributed by atoms with Crippen molar-refractivity contribution in [3.05, 3.63) is 0 Å². The first-order valence-electron chi connectivity index (χ1n) is 8.45. The first kappa shape index (κ1) is 47.5. The first-order chi connectivity index (χ1) is 10.5. The van der Waals surface area contributed by atoms with Crippen molar-refractivity contribution >= 4 is 86.8 Å². The van der Waals surface area contributed by atoms with E-state index in [1.165, 1.54) is 0 Å². The van der Waals surface area contributed by atoms with E-state index in [0.29, 0.717) is 0 Å². The van der Waals surface area contributed by atoms with E-state index in [1.54, 1.807) is 0 Å². The topological polar surface area (TPSA) is 84.2 Å². The molecule has 0 spiro atoms. The molecule has 14 heteroatoms. The molecule has 0 aromatic carbocycles. The van der Waals surface area contributed by atoms with Gasteiger partial charge in [0.25, 0.3) is 0 Å². The van der Waals surface area contributed by atoms with Gasteiger partial charge in [-0.25, -0.2) is 0 Å². The van der Waals surface area contributed by atoms with E-state index in [-0.39, 0.29) is 86.8 Å². The monoisotopic (exact) mass is 553 g/mol. The molecule has 1 saturated heterocycles. The zero-order valence-corrected chi connectivity index (χ0v) is 22.0. The molecule has 0 atom stereocenters. The van der Waals surface area contributed by atoms with Gasteiger partial charge in [0.1, 0.15) is 0 Å². The molecular weight excluding hydrogens is 514 g/mol. The molecule has 182 valence electrons. The molecule has 1 aliphatic heterocycles. The van der Waals surface area contributed by atoms with Gasteiger partial charge in [0.05, 0.1) is 0 Å². The summed E-state index contributed by atoms with van der Waals surface area (Å²) in [7, 11) is 0. The van der Waals surface area contributed by atoms with Gasteiger partial charge in [-0.2, -0.15) is 0 Å². The zero-order chi connectivity index (χ0) is 14.8. The third-order valence-electron chi connectivity index (χ3n) is 3.35. The van der Waals surface area contributed by atoms with Crippen molar-refractivity contribution < 1.29 is 0 Å². The maximum atomic E-state index is 3.43. The smallest absolute Gasteiger partial charge is 0.00772 e. The van der Waals surface area contributed by atoms with Crippen LogP contribution in [0, 0.1) is 0 Å². The lowest BCUT2D eigenvalue weighted by atomic mass is 10.5. The van der Waals surface area contributed by atoms with E-state index >= 15 is 0 Å². The second-order valence-electron chi connectivity index (χ2n) is 5.25. The molecule has 1 heterocycles. The lowest BCUT2D eigenvalue weighted by Crippen LogP contribution is -2.37. The molecule has 0 radical (unpaired) electrons. The van der Waals surface area contributed by atoms with Gasteiger partial charge in [-0.3, -0.25) is 0 Å². The first-order valence-corrected chi connectivity index (χ1v) is 8.45. The molecule has 0 aliphatic carbocycles. The summed E-state index contributed by atoms with van der Waals surface area (Å²) in [5.74, 6) is 0. The van der Waals surface area contributed by atoms with E-state index in [9.17, 15) is 0 Å². The Morgan fingerprint density at radius 3 is 0.321 bits per heavy atom. The van der Waals surface area contributed by atoms with Crippen molar-refractivity contribution in [2.45, 2.75) is 0 Å². The lowest BCUT2D eigenvalue weighted by molar-refractivity contribution is 0.556. The minimum atomic E-state index is 0. The normalized spacial score (nSPS) is 18.0. The Labute approximate surface area is 214 Å². The fraction of sp³-hybridized carbons (Fsp3) is 1.00. The van der Waals surface area contributed by atoms with E-state index in [0.717, 1.165) is 91.6 Å². The predicted octanol–water partition coefficient (Wildman–Crippen LogP) is 0.0798. The van der Waals surface area contributed by atoms with Crippen LogP contribution < -0.4 is 37.2 Å². The fourth-order valence-corrected chi connectivity index (χ4v) is 2.11. The molecule has 0 unspecified atom stereocenters. The van der Waals surface area contributed by atoms with Gasteiger partial charge in [0, 0.05) is 91.6 Å². The molecule has 0 aromatic rings. The van der Waals surface area contributed by atoms with Crippen LogP contribution >= 0.6 is 86.8 Å². The minimum Gasteiger partial charge on any atom is -0.314 e. The molecule has 0 bridgehead atoms. The quantitative estimate of drug-likeness (QED) is 0.228. The second-order valence-corrected chi connectivity index (χ2v) is 5.25. The Kier molecular flexibility index (Phi) is 72.6. The van der Waals surface area contributed by atoms with E-state index < -0.39 is 0 Å². The average Bonchev–Trinajstić information content (AvgIpc) is 2.50. The van der Waals surface area contributed by atoms with Crippen LogP contribution in [0.15, 0.2) is 0 Å². The van der Waals surface area contributed by atoms with Gasteiger partial charge in [-0.1, -0.05) is 0 Å². The van der Waals surface area contributed by atoms with Gasteiger partial charge in [-0.05, 0) is 0 Å². The average molecular weight is 557 g/mol. The van der Waals surface area contributed by atoms with Crippen molar-refractivity contribution in [1.29, 1.82) is 0 Å². The van der Waals surface area contributed by atoms with Crippen LogP contribution in [0.25, 0.3) is 0 Å². The van der Waals surface area contributed by atoms with Crippen molar-refractivity contribution in [1.82, 2.24) is 37.2 Å². The van der Waals surface area contributed by atoms with E-state index in [1.807, 2.05) is 0 Å². The maximum Gasteiger partial charge on any atom is 0.00772 e. The summed E-state index contributed by atoms with van der Waals surface area (Å²) in [4.78, 5) is 0. The fourth-order valence-electron chi connectivity index (χ4n) is 2.11. The molecule has 7 N–H and O–H groups in total. The Morgan fingerprint density at radius 2 is 0.250 bits per heavy atom. The van der Waals surface area contributed by atoms with Gasteiger partial charge in [0.2, 0.25) is 0 Å². The summed E-state index contributed by atoms with van der Waals surface area (Å²) in [5.41, 5.74) is 0. The highest BCUT2D eigenvalue weighted by molar-refractivity contribution is 5.86. The largest absolute Gasteiger partial charge is 0.314 e. The van der Waals surface area contributed by atoms with Crippen molar-refractivity contribution in [3.8, 4) is 0 Å². The molecule has 0 aromatic heterocycles. The molecule has 1 fully saturated rings. The molecule has 1 rings (SSSR count). The minimum absolute atomic E-state index is 0. The third-order valence-corrected chi connectivity index (χ3v) is 3.35. The molecule has 0 saturated carbocycles. The number of rotatable bonds is 0. The molecular formula is C14H42Cl7N7. The van der Waals surface area contributed by atoms with Crippen LogP contribution in [0.2, 0.25) is 0 Å². The SMILES string of the molecule is C1CNCCNCCNCCNCCNCCNCCN1.Cl.Cl.Cl.Cl.Cl.Cl.Cl. The van der Waals surface area contributed by atoms with Crippen LogP contribution in [-0.2, 0) is 0 Å². The van der Waals surface area contributed by atoms with Crippen molar-refractivity contribution in [2.75, 3.05) is 91.6 Å². The predicted molar refractivity (Wildman–Crippen MR) is 141 cm³/mol. The Morgan fingerprint density at radius 1 is 0.179 bits per heavy atom. The van der Waals surface area contributed by atoms with Gasteiger partial charge < -0.3 is 37.2 Å². The molecule has 1 aliphatic rings. The maximum absolute atomic E-state index is 3.43. The number of hydrogen-bond donors (Lipinski definition) is 7.